The third-order valence-corrected chi connectivity index (χ3v) is 5.89. The summed E-state index contributed by atoms with van der Waals surface area (Å²) in [5.74, 6) is 0.825. The normalized spacial score (nSPS) is 11.5. The molecule has 2 aromatic carbocycles. The predicted molar refractivity (Wildman–Crippen MR) is 114 cm³/mol. The van der Waals surface area contributed by atoms with Crippen LogP contribution in [0.3, 0.4) is 0 Å². The molecule has 9 heteroatoms. The predicted octanol–water partition coefficient (Wildman–Crippen LogP) is 2.87. The first-order valence-corrected chi connectivity index (χ1v) is 10.7. The summed E-state index contributed by atoms with van der Waals surface area (Å²) in [4.78, 5) is 12.2. The molecular weight excluding hydrogens is 408 g/mol. The molecule has 0 unspecified atom stereocenters. The van der Waals surface area contributed by atoms with Crippen LogP contribution < -0.4 is 24.8 Å². The highest BCUT2D eigenvalue weighted by atomic mass is 32.2. The molecule has 164 valence electrons. The van der Waals surface area contributed by atoms with Crippen molar-refractivity contribution in [1.82, 2.24) is 5.32 Å². The lowest BCUT2D eigenvalue weighted by Crippen LogP contribution is -2.43. The van der Waals surface area contributed by atoms with Crippen LogP contribution in [0.2, 0.25) is 0 Å². The van der Waals surface area contributed by atoms with E-state index in [0.29, 0.717) is 17.2 Å². The van der Waals surface area contributed by atoms with Crippen molar-refractivity contribution in [2.75, 3.05) is 33.2 Å². The van der Waals surface area contributed by atoms with Gasteiger partial charge in [-0.05, 0) is 45.0 Å². The highest BCUT2D eigenvalue weighted by Crippen LogP contribution is 2.35. The van der Waals surface area contributed by atoms with Crippen molar-refractivity contribution in [2.24, 2.45) is 0 Å². The van der Waals surface area contributed by atoms with E-state index in [2.05, 4.69) is 10.6 Å². The number of carbonyl (C=O) groups is 1. The van der Waals surface area contributed by atoms with Crippen molar-refractivity contribution in [3.63, 3.8) is 0 Å². The van der Waals surface area contributed by atoms with Gasteiger partial charge >= 0.3 is 0 Å². The van der Waals surface area contributed by atoms with Crippen LogP contribution in [0.5, 0.6) is 17.2 Å². The van der Waals surface area contributed by atoms with Gasteiger partial charge in [-0.1, -0.05) is 0 Å². The Balaban J connectivity index is 2.44. The van der Waals surface area contributed by atoms with Gasteiger partial charge in [0, 0.05) is 17.7 Å². The smallest absolute Gasteiger partial charge is 0.239 e. The van der Waals surface area contributed by atoms with Crippen molar-refractivity contribution in [2.45, 2.75) is 36.1 Å². The van der Waals surface area contributed by atoms with E-state index in [0.717, 1.165) is 0 Å². The van der Waals surface area contributed by atoms with Crippen LogP contribution >= 0.6 is 0 Å². The molecule has 2 N–H and O–H groups in total. The maximum absolute atomic E-state index is 13.4. The maximum Gasteiger partial charge on any atom is 0.239 e. The lowest BCUT2D eigenvalue weighted by Gasteiger charge is -2.21. The van der Waals surface area contributed by atoms with Crippen LogP contribution in [0.4, 0.5) is 5.69 Å². The molecule has 0 bridgehead atoms. The lowest BCUT2D eigenvalue weighted by atomic mass is 10.1. The van der Waals surface area contributed by atoms with E-state index >= 15 is 0 Å². The number of hydrogen-bond donors (Lipinski definition) is 2. The van der Waals surface area contributed by atoms with Crippen LogP contribution in [-0.2, 0) is 14.6 Å². The Morgan fingerprint density at radius 2 is 1.60 bits per heavy atom. The van der Waals surface area contributed by atoms with Crippen molar-refractivity contribution in [3.8, 4) is 17.2 Å². The Hall–Kier alpha value is -2.94. The zero-order chi connectivity index (χ0) is 22.5. The number of ether oxygens (including phenoxy) is 3. The van der Waals surface area contributed by atoms with Gasteiger partial charge in [-0.15, -0.1) is 0 Å². The second-order valence-electron chi connectivity index (χ2n) is 7.53. The SMILES string of the molecule is COc1ccc(NCC(=O)NC(C)(C)C)c(S(=O)(=O)c2ccc(OC)c(OC)c2)c1. The van der Waals surface area contributed by atoms with E-state index < -0.39 is 15.4 Å². The van der Waals surface area contributed by atoms with E-state index in [1.54, 1.807) is 12.1 Å². The van der Waals surface area contributed by atoms with Gasteiger partial charge in [0.1, 0.15) is 5.75 Å². The zero-order valence-corrected chi connectivity index (χ0v) is 18.8. The van der Waals surface area contributed by atoms with Gasteiger partial charge in [-0.2, -0.15) is 0 Å². The minimum absolute atomic E-state index is 0.0161. The van der Waals surface area contributed by atoms with Crippen LogP contribution in [0.15, 0.2) is 46.2 Å². The van der Waals surface area contributed by atoms with Gasteiger partial charge in [-0.25, -0.2) is 8.42 Å². The number of amides is 1. The molecule has 0 saturated carbocycles. The Labute approximate surface area is 177 Å². The summed E-state index contributed by atoms with van der Waals surface area (Å²) >= 11 is 0. The average Bonchev–Trinajstić information content (AvgIpc) is 2.70. The lowest BCUT2D eigenvalue weighted by molar-refractivity contribution is -0.120. The van der Waals surface area contributed by atoms with Crippen molar-refractivity contribution in [3.05, 3.63) is 36.4 Å². The highest BCUT2D eigenvalue weighted by molar-refractivity contribution is 7.91. The fourth-order valence-electron chi connectivity index (χ4n) is 2.75. The summed E-state index contributed by atoms with van der Waals surface area (Å²) in [6.07, 6.45) is 0. The second-order valence-corrected chi connectivity index (χ2v) is 9.45. The Bertz CT molecular complexity index is 1010. The molecule has 0 aliphatic heterocycles. The first kappa shape index (κ1) is 23.3. The van der Waals surface area contributed by atoms with Crippen LogP contribution in [0.1, 0.15) is 20.8 Å². The minimum Gasteiger partial charge on any atom is -0.497 e. The third kappa shape index (κ3) is 5.56. The molecule has 0 spiro atoms. The van der Waals surface area contributed by atoms with Gasteiger partial charge in [0.2, 0.25) is 15.7 Å². The fraction of sp³-hybridized carbons (Fsp3) is 0.381. The number of rotatable bonds is 8. The van der Waals surface area contributed by atoms with E-state index in [4.69, 9.17) is 14.2 Å². The topological polar surface area (TPSA) is 103 Å². The van der Waals surface area contributed by atoms with Crippen LogP contribution in [0.25, 0.3) is 0 Å². The third-order valence-electron chi connectivity index (χ3n) is 4.10. The minimum atomic E-state index is -3.95. The molecule has 2 rings (SSSR count). The van der Waals surface area contributed by atoms with Gasteiger partial charge in [0.15, 0.2) is 11.5 Å². The molecule has 0 fully saturated rings. The Morgan fingerprint density at radius 1 is 0.933 bits per heavy atom. The van der Waals surface area contributed by atoms with E-state index in [-0.39, 0.29) is 27.9 Å². The molecule has 30 heavy (non-hydrogen) atoms. The number of hydrogen-bond acceptors (Lipinski definition) is 7. The van der Waals surface area contributed by atoms with Gasteiger partial charge in [-0.3, -0.25) is 4.79 Å². The standard InChI is InChI=1S/C21H28N2O6S/c1-21(2,3)23-20(24)13-22-16-9-7-14(27-4)11-19(16)30(25,26)15-8-10-17(28-5)18(12-15)29-6/h7-12,22H,13H2,1-6H3,(H,23,24). The van der Waals surface area contributed by atoms with Crippen molar-refractivity contribution in [1.29, 1.82) is 0 Å². The zero-order valence-electron chi connectivity index (χ0n) is 18.0. The van der Waals surface area contributed by atoms with Crippen LogP contribution in [0, 0.1) is 0 Å². The van der Waals surface area contributed by atoms with E-state index in [1.165, 1.54) is 45.6 Å². The molecule has 0 aromatic heterocycles. The molecule has 0 radical (unpaired) electrons. The molecule has 1 amide bonds. The summed E-state index contributed by atoms with van der Waals surface area (Å²) in [6, 6.07) is 8.95. The summed E-state index contributed by atoms with van der Waals surface area (Å²) in [6.45, 7) is 5.51. The van der Waals surface area contributed by atoms with Crippen molar-refractivity contribution >= 4 is 21.4 Å². The Morgan fingerprint density at radius 3 is 2.17 bits per heavy atom. The summed E-state index contributed by atoms with van der Waals surface area (Å²) in [5.41, 5.74) is -0.109. The molecule has 8 nitrogen and oxygen atoms in total. The van der Waals surface area contributed by atoms with Crippen molar-refractivity contribution < 1.29 is 27.4 Å². The molecule has 0 aliphatic carbocycles. The van der Waals surface area contributed by atoms with Gasteiger partial charge in [0.05, 0.1) is 43.4 Å². The number of nitrogens with one attached hydrogen (secondary N) is 2. The quantitative estimate of drug-likeness (QED) is 0.656. The summed E-state index contributed by atoms with van der Waals surface area (Å²) in [5, 5.41) is 5.73. The number of carbonyl (C=O) groups excluding carboxylic acids is 1. The molecule has 0 saturated heterocycles. The maximum atomic E-state index is 13.4. The number of anilines is 1. The molecule has 0 atom stereocenters. The fourth-order valence-corrected chi connectivity index (χ4v) is 4.21. The molecule has 2 aromatic rings. The number of sulfone groups is 1. The van der Waals surface area contributed by atoms with Crippen LogP contribution in [-0.4, -0.2) is 47.7 Å². The summed E-state index contributed by atoms with van der Waals surface area (Å²) in [7, 11) is 0.400. The highest BCUT2D eigenvalue weighted by Gasteiger charge is 2.24. The Kier molecular flexibility index (Phi) is 7.20. The van der Waals surface area contributed by atoms with Gasteiger partial charge < -0.3 is 24.8 Å². The average molecular weight is 437 g/mol. The molecule has 0 heterocycles. The van der Waals surface area contributed by atoms with E-state index in [1.807, 2.05) is 20.8 Å². The summed E-state index contributed by atoms with van der Waals surface area (Å²) < 4.78 is 42.3. The second kappa shape index (κ2) is 9.25. The first-order chi connectivity index (χ1) is 14.0. The molecule has 0 aliphatic rings. The number of benzene rings is 2. The van der Waals surface area contributed by atoms with Gasteiger partial charge in [0.25, 0.3) is 0 Å². The number of methoxy groups -OCH3 is 3. The first-order valence-electron chi connectivity index (χ1n) is 9.22. The van der Waals surface area contributed by atoms with E-state index in [9.17, 15) is 13.2 Å². The largest absolute Gasteiger partial charge is 0.497 e. The monoisotopic (exact) mass is 436 g/mol. The molecular formula is C21H28N2O6S.